The van der Waals surface area contributed by atoms with Gasteiger partial charge in [0.1, 0.15) is 5.82 Å². The fraction of sp³-hybridized carbons (Fsp3) is 0.667. The van der Waals surface area contributed by atoms with Gasteiger partial charge in [0, 0.05) is 13.1 Å². The van der Waals surface area contributed by atoms with E-state index in [0.717, 1.165) is 24.6 Å². The molecule has 2 aliphatic rings. The van der Waals surface area contributed by atoms with Crippen molar-refractivity contribution in [2.45, 2.75) is 38.5 Å². The summed E-state index contributed by atoms with van der Waals surface area (Å²) in [6, 6.07) is 4.35. The van der Waals surface area contributed by atoms with E-state index in [1.807, 2.05) is 20.0 Å². The van der Waals surface area contributed by atoms with Crippen LogP contribution in [-0.2, 0) is 9.47 Å². The van der Waals surface area contributed by atoms with Gasteiger partial charge in [-0.15, -0.1) is 0 Å². The summed E-state index contributed by atoms with van der Waals surface area (Å²) in [6.45, 7) is 7.44. The van der Waals surface area contributed by atoms with E-state index in [9.17, 15) is 0 Å². The molecule has 0 bridgehead atoms. The first-order chi connectivity index (χ1) is 9.62. The van der Waals surface area contributed by atoms with Gasteiger partial charge in [-0.2, -0.15) is 0 Å². The number of aromatic nitrogens is 1. The van der Waals surface area contributed by atoms with Gasteiger partial charge < -0.3 is 19.7 Å². The normalized spacial score (nSPS) is 23.0. The molecule has 2 fully saturated rings. The number of nitrogens with one attached hydrogen (secondary N) is 1. The van der Waals surface area contributed by atoms with Crippen molar-refractivity contribution in [2.24, 2.45) is 0 Å². The van der Waals surface area contributed by atoms with Crippen molar-refractivity contribution in [1.82, 2.24) is 4.98 Å². The molecule has 3 rings (SSSR count). The fourth-order valence-electron chi connectivity index (χ4n) is 2.62. The summed E-state index contributed by atoms with van der Waals surface area (Å²) in [6.07, 6.45) is 4.44. The molecule has 0 atom stereocenters. The van der Waals surface area contributed by atoms with Crippen LogP contribution in [0.1, 0.15) is 26.7 Å². The van der Waals surface area contributed by atoms with Crippen LogP contribution >= 0.6 is 0 Å². The number of rotatable bonds is 3. The topological polar surface area (TPSA) is 46.6 Å². The molecule has 0 spiro atoms. The minimum absolute atomic E-state index is 0.183. The lowest BCUT2D eigenvalue weighted by Gasteiger charge is -2.35. The van der Waals surface area contributed by atoms with Crippen LogP contribution < -0.4 is 10.2 Å². The van der Waals surface area contributed by atoms with E-state index in [0.29, 0.717) is 13.2 Å². The molecule has 20 heavy (non-hydrogen) atoms. The Balaban J connectivity index is 1.55. The first-order valence-corrected chi connectivity index (χ1v) is 7.38. The lowest BCUT2D eigenvalue weighted by atomic mass is 10.2. The Morgan fingerprint density at radius 3 is 2.50 bits per heavy atom. The molecule has 1 aromatic heterocycles. The number of hydrogen-bond acceptors (Lipinski definition) is 5. The van der Waals surface area contributed by atoms with Crippen molar-refractivity contribution in [3.8, 4) is 0 Å². The third kappa shape index (κ3) is 3.22. The van der Waals surface area contributed by atoms with Gasteiger partial charge in [-0.1, -0.05) is 0 Å². The minimum Gasteiger partial charge on any atom is -0.376 e. The first-order valence-electron chi connectivity index (χ1n) is 7.38. The maximum absolute atomic E-state index is 5.64. The largest absolute Gasteiger partial charge is 0.376 e. The molecule has 0 aromatic carbocycles. The van der Waals surface area contributed by atoms with E-state index < -0.39 is 5.79 Å². The summed E-state index contributed by atoms with van der Waals surface area (Å²) in [7, 11) is 0. The van der Waals surface area contributed by atoms with Crippen molar-refractivity contribution >= 4 is 11.5 Å². The van der Waals surface area contributed by atoms with Gasteiger partial charge in [0.2, 0.25) is 0 Å². The highest BCUT2D eigenvalue weighted by Crippen LogP contribution is 2.21. The van der Waals surface area contributed by atoms with Crippen LogP contribution in [0.25, 0.3) is 0 Å². The molecule has 2 saturated heterocycles. The molecular weight excluding hydrogens is 254 g/mol. The predicted octanol–water partition coefficient (Wildman–Crippen LogP) is 2.25. The van der Waals surface area contributed by atoms with Gasteiger partial charge in [0.05, 0.1) is 31.1 Å². The molecule has 0 unspecified atom stereocenters. The summed E-state index contributed by atoms with van der Waals surface area (Å²) >= 11 is 0. The molecular formula is C15H23N3O2. The monoisotopic (exact) mass is 277 g/mol. The average Bonchev–Trinajstić information content (AvgIpc) is 2.96. The molecule has 1 N–H and O–H groups in total. The standard InChI is InChI=1S/C15H23N3O2/c1-15(2)19-10-13(11-20-15)17-12-5-6-14(16-9-12)18-7-3-4-8-18/h5-6,9,13,17H,3-4,7-8,10-11H2,1-2H3. The zero-order valence-corrected chi connectivity index (χ0v) is 12.3. The molecule has 0 saturated carbocycles. The van der Waals surface area contributed by atoms with E-state index in [2.05, 4.69) is 27.3 Å². The van der Waals surface area contributed by atoms with E-state index in [1.165, 1.54) is 12.8 Å². The highest BCUT2D eigenvalue weighted by molar-refractivity contribution is 5.49. The summed E-state index contributed by atoms with van der Waals surface area (Å²) in [5, 5.41) is 3.41. The number of anilines is 2. The van der Waals surface area contributed by atoms with E-state index in [1.54, 1.807) is 0 Å². The van der Waals surface area contributed by atoms with Crippen LogP contribution in [0.3, 0.4) is 0 Å². The first kappa shape index (κ1) is 13.6. The Hall–Kier alpha value is -1.33. The van der Waals surface area contributed by atoms with Gasteiger partial charge >= 0.3 is 0 Å². The third-order valence-electron chi connectivity index (χ3n) is 3.81. The van der Waals surface area contributed by atoms with Crippen LogP contribution in [0.5, 0.6) is 0 Å². The Morgan fingerprint density at radius 1 is 1.20 bits per heavy atom. The quantitative estimate of drug-likeness (QED) is 0.918. The SMILES string of the molecule is CC1(C)OCC(Nc2ccc(N3CCCC3)nc2)CO1. The molecule has 110 valence electrons. The summed E-state index contributed by atoms with van der Waals surface area (Å²) in [4.78, 5) is 6.87. The summed E-state index contributed by atoms with van der Waals surface area (Å²) in [5.74, 6) is 0.612. The van der Waals surface area contributed by atoms with Gasteiger partial charge in [0.15, 0.2) is 5.79 Å². The maximum Gasteiger partial charge on any atom is 0.162 e. The van der Waals surface area contributed by atoms with Crippen LogP contribution in [-0.4, -0.2) is 43.1 Å². The van der Waals surface area contributed by atoms with E-state index in [-0.39, 0.29) is 6.04 Å². The number of hydrogen-bond donors (Lipinski definition) is 1. The second kappa shape index (κ2) is 5.58. The van der Waals surface area contributed by atoms with Gasteiger partial charge in [-0.25, -0.2) is 4.98 Å². The zero-order valence-electron chi connectivity index (χ0n) is 12.3. The minimum atomic E-state index is -0.462. The zero-order chi connectivity index (χ0) is 14.0. The second-order valence-corrected chi connectivity index (χ2v) is 5.96. The number of nitrogens with zero attached hydrogens (tertiary/aromatic N) is 2. The third-order valence-corrected chi connectivity index (χ3v) is 3.81. The lowest BCUT2D eigenvalue weighted by Crippen LogP contribution is -2.45. The van der Waals surface area contributed by atoms with E-state index in [4.69, 9.17) is 9.47 Å². The molecule has 3 heterocycles. The Morgan fingerprint density at radius 2 is 1.90 bits per heavy atom. The molecule has 0 radical (unpaired) electrons. The molecule has 0 aliphatic carbocycles. The smallest absolute Gasteiger partial charge is 0.162 e. The van der Waals surface area contributed by atoms with Crippen molar-refractivity contribution in [2.75, 3.05) is 36.5 Å². The Labute approximate surface area is 120 Å². The van der Waals surface area contributed by atoms with Crippen molar-refractivity contribution < 1.29 is 9.47 Å². The van der Waals surface area contributed by atoms with Crippen molar-refractivity contribution in [1.29, 1.82) is 0 Å². The molecule has 5 nitrogen and oxygen atoms in total. The predicted molar refractivity (Wildman–Crippen MR) is 79.1 cm³/mol. The number of ether oxygens (including phenoxy) is 2. The molecule has 2 aliphatic heterocycles. The van der Waals surface area contributed by atoms with Gasteiger partial charge in [0.25, 0.3) is 0 Å². The van der Waals surface area contributed by atoms with Crippen molar-refractivity contribution in [3.05, 3.63) is 18.3 Å². The highest BCUT2D eigenvalue weighted by Gasteiger charge is 2.28. The summed E-state index contributed by atoms with van der Waals surface area (Å²) < 4.78 is 11.3. The Kier molecular flexibility index (Phi) is 3.81. The van der Waals surface area contributed by atoms with Gasteiger partial charge in [-0.05, 0) is 38.8 Å². The lowest BCUT2D eigenvalue weighted by molar-refractivity contribution is -0.247. The second-order valence-electron chi connectivity index (χ2n) is 5.96. The summed E-state index contributed by atoms with van der Waals surface area (Å²) in [5.41, 5.74) is 1.02. The average molecular weight is 277 g/mol. The van der Waals surface area contributed by atoms with Crippen LogP contribution in [0, 0.1) is 0 Å². The van der Waals surface area contributed by atoms with Crippen LogP contribution in [0.4, 0.5) is 11.5 Å². The van der Waals surface area contributed by atoms with Crippen molar-refractivity contribution in [3.63, 3.8) is 0 Å². The molecule has 0 amide bonds. The van der Waals surface area contributed by atoms with E-state index >= 15 is 0 Å². The molecule has 5 heteroatoms. The van der Waals surface area contributed by atoms with Crippen LogP contribution in [0.2, 0.25) is 0 Å². The fourth-order valence-corrected chi connectivity index (χ4v) is 2.62. The number of pyridine rings is 1. The highest BCUT2D eigenvalue weighted by atomic mass is 16.7. The maximum atomic E-state index is 5.64. The van der Waals surface area contributed by atoms with Crippen LogP contribution in [0.15, 0.2) is 18.3 Å². The Bertz CT molecular complexity index is 431. The van der Waals surface area contributed by atoms with Gasteiger partial charge in [-0.3, -0.25) is 0 Å². The molecule has 1 aromatic rings.